The molecule has 1 aliphatic heterocycles. The molecule has 0 saturated carbocycles. The zero-order chi connectivity index (χ0) is 14.9. The number of nitrogens with one attached hydrogen (secondary N) is 1. The molecule has 1 aromatic rings. The Morgan fingerprint density at radius 3 is 2.85 bits per heavy atom. The molecule has 0 fully saturated rings. The van der Waals surface area contributed by atoms with Gasteiger partial charge in [0.15, 0.2) is 11.5 Å². The van der Waals surface area contributed by atoms with Gasteiger partial charge in [-0.15, -0.1) is 0 Å². The van der Waals surface area contributed by atoms with Crippen LogP contribution in [0, 0.1) is 0 Å². The van der Waals surface area contributed by atoms with Gasteiger partial charge in [0.1, 0.15) is 6.73 Å². The van der Waals surface area contributed by atoms with E-state index in [9.17, 15) is 9.90 Å². The Bertz CT molecular complexity index is 497. The van der Waals surface area contributed by atoms with Crippen molar-refractivity contribution < 1.29 is 14.6 Å². The minimum absolute atomic E-state index is 0.296. The lowest BCUT2D eigenvalue weighted by molar-refractivity contribution is 0.0673. The van der Waals surface area contributed by atoms with Gasteiger partial charge in [0.2, 0.25) is 6.35 Å². The van der Waals surface area contributed by atoms with E-state index in [2.05, 4.69) is 29.9 Å². The molecule has 0 bridgehead atoms. The first-order valence-electron chi connectivity index (χ1n) is 6.64. The molecule has 7 nitrogen and oxygen atoms in total. The van der Waals surface area contributed by atoms with Crippen molar-refractivity contribution in [2.45, 2.75) is 38.8 Å². The molecule has 8 heteroatoms. The Morgan fingerprint density at radius 2 is 2.20 bits per heavy atom. The summed E-state index contributed by atoms with van der Waals surface area (Å²) in [5.41, 5.74) is 0.422. The van der Waals surface area contributed by atoms with Crippen LogP contribution in [-0.4, -0.2) is 48.6 Å². The molecule has 0 aromatic carbocycles. The van der Waals surface area contributed by atoms with Gasteiger partial charge < -0.3 is 24.6 Å². The van der Waals surface area contributed by atoms with E-state index in [0.29, 0.717) is 24.8 Å². The number of aliphatic hydroxyl groups excluding tert-OH is 1. The van der Waals surface area contributed by atoms with Gasteiger partial charge in [0.25, 0.3) is 5.91 Å². The van der Waals surface area contributed by atoms with E-state index >= 15 is 0 Å². The van der Waals surface area contributed by atoms with Gasteiger partial charge in [0, 0.05) is 21.7 Å². The smallest absolute Gasteiger partial charge is 0.275 e. The van der Waals surface area contributed by atoms with Crippen molar-refractivity contribution >= 4 is 19.8 Å². The highest BCUT2D eigenvalue weighted by Gasteiger charge is 2.31. The van der Waals surface area contributed by atoms with E-state index in [1.807, 2.05) is 0 Å². The van der Waals surface area contributed by atoms with Crippen molar-refractivity contribution in [3.63, 3.8) is 0 Å². The normalized spacial score (nSPS) is 18.9. The van der Waals surface area contributed by atoms with E-state index in [1.54, 1.807) is 17.9 Å². The number of aliphatic hydroxyl groups is 1. The van der Waals surface area contributed by atoms with Crippen LogP contribution in [0.1, 0.15) is 10.5 Å². The molecule has 0 aliphatic carbocycles. The molecule has 2 N–H and O–H groups in total. The van der Waals surface area contributed by atoms with Crippen LogP contribution in [0.5, 0.6) is 0 Å². The van der Waals surface area contributed by atoms with Crippen LogP contribution >= 0.6 is 0 Å². The molecule has 0 spiro atoms. The van der Waals surface area contributed by atoms with Crippen LogP contribution < -0.4 is 10.2 Å². The van der Waals surface area contributed by atoms with Crippen LogP contribution in [0.25, 0.3) is 0 Å². The Hall–Kier alpha value is -1.38. The van der Waals surface area contributed by atoms with Crippen molar-refractivity contribution in [2.75, 3.05) is 18.6 Å². The number of anilines is 1. The van der Waals surface area contributed by atoms with Gasteiger partial charge in [-0.25, -0.2) is 4.98 Å². The maximum absolute atomic E-state index is 11.9. The largest absolute Gasteiger partial charge is 0.361 e. The number of fused-ring (bicyclic) bond motifs is 1. The Balaban J connectivity index is 2.01. The fourth-order valence-electron chi connectivity index (χ4n) is 1.90. The lowest BCUT2D eigenvalue weighted by atomic mass is 10.3. The number of hydrogen-bond acceptors (Lipinski definition) is 5. The molecule has 2 heterocycles. The van der Waals surface area contributed by atoms with Gasteiger partial charge in [-0.3, -0.25) is 4.79 Å². The number of amides is 1. The van der Waals surface area contributed by atoms with Crippen LogP contribution in [0.2, 0.25) is 25.7 Å². The first-order chi connectivity index (χ1) is 9.29. The van der Waals surface area contributed by atoms with Crippen LogP contribution in [-0.2, 0) is 11.5 Å². The molecular formula is C12H22N4O3Si. The molecule has 0 saturated heterocycles. The zero-order valence-electron chi connectivity index (χ0n) is 12.4. The third-order valence-corrected chi connectivity index (χ3v) is 4.93. The van der Waals surface area contributed by atoms with E-state index in [1.165, 1.54) is 4.90 Å². The zero-order valence-corrected chi connectivity index (χ0v) is 13.4. The van der Waals surface area contributed by atoms with Crippen LogP contribution in [0.3, 0.4) is 0 Å². The van der Waals surface area contributed by atoms with E-state index in [4.69, 9.17) is 4.74 Å². The molecule has 1 aliphatic rings. The lowest BCUT2D eigenvalue weighted by Gasteiger charge is -2.29. The van der Waals surface area contributed by atoms with Gasteiger partial charge in [0.05, 0.1) is 6.33 Å². The SMILES string of the molecule is CN1c2ncn(COCC[Si](C)(C)C)c2C(=O)NC1O. The highest BCUT2D eigenvalue weighted by atomic mass is 28.3. The van der Waals surface area contributed by atoms with Crippen molar-refractivity contribution in [1.82, 2.24) is 14.9 Å². The van der Waals surface area contributed by atoms with Crippen molar-refractivity contribution in [2.24, 2.45) is 0 Å². The molecule has 1 unspecified atom stereocenters. The first kappa shape index (κ1) is 15.0. The average Bonchev–Trinajstić information content (AvgIpc) is 2.75. The number of aromatic nitrogens is 2. The quantitative estimate of drug-likeness (QED) is 0.616. The predicted octanol–water partition coefficient (Wildman–Crippen LogP) is 0.651. The van der Waals surface area contributed by atoms with Gasteiger partial charge >= 0.3 is 0 Å². The number of imidazole rings is 1. The monoisotopic (exact) mass is 298 g/mol. The molecule has 1 amide bonds. The third-order valence-electron chi connectivity index (χ3n) is 3.22. The second-order valence-electron chi connectivity index (χ2n) is 6.19. The van der Waals surface area contributed by atoms with E-state index in [-0.39, 0.29) is 5.91 Å². The van der Waals surface area contributed by atoms with Crippen LogP contribution in [0.4, 0.5) is 5.82 Å². The summed E-state index contributed by atoms with van der Waals surface area (Å²) in [7, 11) is 0.561. The van der Waals surface area contributed by atoms with Gasteiger partial charge in [-0.05, 0) is 6.04 Å². The topological polar surface area (TPSA) is 79.6 Å². The first-order valence-corrected chi connectivity index (χ1v) is 10.3. The highest BCUT2D eigenvalue weighted by Crippen LogP contribution is 2.22. The Kier molecular flexibility index (Phi) is 4.16. The maximum Gasteiger partial charge on any atom is 0.275 e. The lowest BCUT2D eigenvalue weighted by Crippen LogP contribution is -2.51. The van der Waals surface area contributed by atoms with Crippen molar-refractivity contribution in [3.05, 3.63) is 12.0 Å². The summed E-state index contributed by atoms with van der Waals surface area (Å²) in [6.45, 7) is 7.85. The summed E-state index contributed by atoms with van der Waals surface area (Å²) in [4.78, 5) is 17.6. The predicted molar refractivity (Wildman–Crippen MR) is 78.2 cm³/mol. The summed E-state index contributed by atoms with van der Waals surface area (Å²) < 4.78 is 7.29. The Morgan fingerprint density at radius 1 is 1.50 bits per heavy atom. The molecule has 1 aromatic heterocycles. The number of ether oxygens (including phenoxy) is 1. The summed E-state index contributed by atoms with van der Waals surface area (Å²) in [6, 6.07) is 1.08. The van der Waals surface area contributed by atoms with Crippen molar-refractivity contribution in [1.29, 1.82) is 0 Å². The fourth-order valence-corrected chi connectivity index (χ4v) is 2.66. The fraction of sp³-hybridized carbons (Fsp3) is 0.667. The summed E-state index contributed by atoms with van der Waals surface area (Å²) in [5, 5.41) is 12.1. The summed E-state index contributed by atoms with van der Waals surface area (Å²) in [5.74, 6) is 0.131. The van der Waals surface area contributed by atoms with Gasteiger partial charge in [-0.2, -0.15) is 0 Å². The van der Waals surface area contributed by atoms with Gasteiger partial charge in [-0.1, -0.05) is 19.6 Å². The summed E-state index contributed by atoms with van der Waals surface area (Å²) >= 11 is 0. The number of nitrogens with zero attached hydrogens (tertiary/aromatic N) is 3. The average molecular weight is 298 g/mol. The number of carbonyl (C=O) groups is 1. The minimum Gasteiger partial charge on any atom is -0.361 e. The molecule has 1 atom stereocenters. The molecule has 0 radical (unpaired) electrons. The second kappa shape index (κ2) is 5.55. The van der Waals surface area contributed by atoms with Crippen molar-refractivity contribution in [3.8, 4) is 0 Å². The minimum atomic E-state index is -1.11. The molecule has 20 heavy (non-hydrogen) atoms. The standard InChI is InChI=1S/C12H22N4O3Si/c1-15-10-9(11(17)14-12(15)18)16(7-13-10)8-19-5-6-20(2,3)4/h7,12,18H,5-6,8H2,1-4H3,(H,14,17). The highest BCUT2D eigenvalue weighted by molar-refractivity contribution is 6.76. The Labute approximate surface area is 119 Å². The van der Waals surface area contributed by atoms with Crippen LogP contribution in [0.15, 0.2) is 6.33 Å². The molecular weight excluding hydrogens is 276 g/mol. The second-order valence-corrected chi connectivity index (χ2v) is 11.8. The molecule has 2 rings (SSSR count). The number of rotatable bonds is 5. The third kappa shape index (κ3) is 3.19. The number of carbonyl (C=O) groups excluding carboxylic acids is 1. The van der Waals surface area contributed by atoms with E-state index in [0.717, 1.165) is 6.04 Å². The maximum atomic E-state index is 11.9. The van der Waals surface area contributed by atoms with E-state index < -0.39 is 14.4 Å². The number of hydrogen-bond donors (Lipinski definition) is 2. The molecule has 112 valence electrons. The summed E-state index contributed by atoms with van der Waals surface area (Å²) in [6.07, 6.45) is 0.527.